The van der Waals surface area contributed by atoms with Gasteiger partial charge in [0.1, 0.15) is 0 Å². The molecule has 0 radical (unpaired) electrons. The highest BCUT2D eigenvalue weighted by molar-refractivity contribution is 7.16. The Morgan fingerprint density at radius 3 is 2.71 bits per heavy atom. The maximum atomic E-state index is 11.3. The molecule has 1 aliphatic carbocycles. The summed E-state index contributed by atoms with van der Waals surface area (Å²) in [5, 5.41) is 21.3. The van der Waals surface area contributed by atoms with Gasteiger partial charge in [-0.3, -0.25) is 14.9 Å². The Morgan fingerprint density at radius 2 is 2.24 bits per heavy atom. The standard InChI is InChI=1S/C13H19N3O4S/c1-8(17)11-6-10(16(19)20)13(21-11)15(7-12(14)18)9-4-2-3-5-9/h6,8-9,17H,2-5,7H2,1H3,(H2,14,18)/t8-/m1/s1. The largest absolute Gasteiger partial charge is 0.388 e. The van der Waals surface area contributed by atoms with Gasteiger partial charge in [-0.2, -0.15) is 0 Å². The molecular formula is C13H19N3O4S. The lowest BCUT2D eigenvalue weighted by molar-refractivity contribution is -0.383. The number of nitrogens with zero attached hydrogens (tertiary/aromatic N) is 2. The molecule has 2 rings (SSSR count). The van der Waals surface area contributed by atoms with Crippen LogP contribution in [-0.2, 0) is 4.79 Å². The number of nitro groups is 1. The van der Waals surface area contributed by atoms with Crippen LogP contribution in [0.15, 0.2) is 6.07 Å². The Morgan fingerprint density at radius 1 is 1.62 bits per heavy atom. The van der Waals surface area contributed by atoms with Crippen LogP contribution in [-0.4, -0.2) is 28.5 Å². The van der Waals surface area contributed by atoms with Gasteiger partial charge in [0.2, 0.25) is 5.91 Å². The third-order valence-electron chi connectivity index (χ3n) is 3.67. The number of nitrogens with two attached hydrogens (primary N) is 1. The highest BCUT2D eigenvalue weighted by atomic mass is 32.1. The summed E-state index contributed by atoms with van der Waals surface area (Å²) in [6.07, 6.45) is 3.10. The van der Waals surface area contributed by atoms with Crippen molar-refractivity contribution in [3.05, 3.63) is 21.1 Å². The lowest BCUT2D eigenvalue weighted by Gasteiger charge is -2.27. The van der Waals surface area contributed by atoms with Crippen LogP contribution in [0.1, 0.15) is 43.6 Å². The highest BCUT2D eigenvalue weighted by Gasteiger charge is 2.32. The summed E-state index contributed by atoms with van der Waals surface area (Å²) in [5.74, 6) is -0.511. The topological polar surface area (TPSA) is 110 Å². The first-order chi connectivity index (χ1) is 9.90. The molecule has 1 aliphatic rings. The smallest absolute Gasteiger partial charge is 0.304 e. The SMILES string of the molecule is C[C@@H](O)c1cc([N+](=O)[O-])c(N(CC(N)=O)C2CCCC2)s1. The predicted octanol–water partition coefficient (Wildman–Crippen LogP) is 1.94. The highest BCUT2D eigenvalue weighted by Crippen LogP contribution is 2.42. The first-order valence-electron chi connectivity index (χ1n) is 6.91. The van der Waals surface area contributed by atoms with Crippen molar-refractivity contribution in [1.29, 1.82) is 0 Å². The van der Waals surface area contributed by atoms with E-state index in [0.29, 0.717) is 9.88 Å². The molecule has 21 heavy (non-hydrogen) atoms. The van der Waals surface area contributed by atoms with Crippen LogP contribution >= 0.6 is 11.3 Å². The van der Waals surface area contributed by atoms with E-state index in [9.17, 15) is 20.0 Å². The zero-order chi connectivity index (χ0) is 15.6. The van der Waals surface area contributed by atoms with Crippen LogP contribution in [0.25, 0.3) is 0 Å². The summed E-state index contributed by atoms with van der Waals surface area (Å²) in [7, 11) is 0. The molecule has 0 bridgehead atoms. The number of rotatable bonds is 6. The molecule has 0 aromatic carbocycles. The molecule has 7 nitrogen and oxygen atoms in total. The quantitative estimate of drug-likeness (QED) is 0.616. The fourth-order valence-electron chi connectivity index (χ4n) is 2.68. The summed E-state index contributed by atoms with van der Waals surface area (Å²) >= 11 is 1.16. The zero-order valence-electron chi connectivity index (χ0n) is 11.8. The molecule has 0 spiro atoms. The van der Waals surface area contributed by atoms with Crippen molar-refractivity contribution in [2.75, 3.05) is 11.4 Å². The summed E-state index contributed by atoms with van der Waals surface area (Å²) in [4.78, 5) is 24.4. The second kappa shape index (κ2) is 6.40. The Hall–Kier alpha value is -1.67. The molecule has 1 saturated carbocycles. The van der Waals surface area contributed by atoms with E-state index in [4.69, 9.17) is 5.73 Å². The van der Waals surface area contributed by atoms with Gasteiger partial charge < -0.3 is 15.7 Å². The van der Waals surface area contributed by atoms with E-state index in [1.807, 2.05) is 0 Å². The van der Waals surface area contributed by atoms with E-state index in [-0.39, 0.29) is 18.3 Å². The van der Waals surface area contributed by atoms with E-state index in [1.165, 1.54) is 6.07 Å². The molecule has 1 atom stereocenters. The average Bonchev–Trinajstić information content (AvgIpc) is 3.05. The number of primary amides is 1. The number of amides is 1. The van der Waals surface area contributed by atoms with Crippen molar-refractivity contribution < 1.29 is 14.8 Å². The van der Waals surface area contributed by atoms with Gasteiger partial charge in [0.25, 0.3) is 0 Å². The van der Waals surface area contributed by atoms with Gasteiger partial charge in [-0.25, -0.2) is 0 Å². The lowest BCUT2D eigenvalue weighted by atomic mass is 10.2. The third kappa shape index (κ3) is 3.51. The van der Waals surface area contributed by atoms with Crippen LogP contribution < -0.4 is 10.6 Å². The molecule has 8 heteroatoms. The summed E-state index contributed by atoms with van der Waals surface area (Å²) in [6.45, 7) is 1.53. The summed E-state index contributed by atoms with van der Waals surface area (Å²) in [6, 6.07) is 1.48. The second-order valence-corrected chi connectivity index (χ2v) is 6.37. The predicted molar refractivity (Wildman–Crippen MR) is 80.4 cm³/mol. The number of thiophene rings is 1. The molecule has 116 valence electrons. The van der Waals surface area contributed by atoms with Crippen molar-refractivity contribution in [3.8, 4) is 0 Å². The van der Waals surface area contributed by atoms with E-state index >= 15 is 0 Å². The second-order valence-electron chi connectivity index (χ2n) is 5.30. The van der Waals surface area contributed by atoms with E-state index in [0.717, 1.165) is 37.0 Å². The van der Waals surface area contributed by atoms with Crippen LogP contribution in [0.2, 0.25) is 0 Å². The molecule has 0 unspecified atom stereocenters. The molecule has 0 saturated heterocycles. The van der Waals surface area contributed by atoms with Gasteiger partial charge in [-0.15, -0.1) is 11.3 Å². The van der Waals surface area contributed by atoms with Crippen LogP contribution in [0.5, 0.6) is 0 Å². The van der Waals surface area contributed by atoms with Gasteiger partial charge in [0.05, 0.1) is 17.6 Å². The van der Waals surface area contributed by atoms with Crippen molar-refractivity contribution in [3.63, 3.8) is 0 Å². The minimum Gasteiger partial charge on any atom is -0.388 e. The number of carbonyl (C=O) groups is 1. The maximum absolute atomic E-state index is 11.3. The first-order valence-corrected chi connectivity index (χ1v) is 7.73. The molecule has 1 aromatic heterocycles. The number of carbonyl (C=O) groups excluding carboxylic acids is 1. The molecule has 0 aliphatic heterocycles. The minimum atomic E-state index is -0.776. The maximum Gasteiger partial charge on any atom is 0.304 e. The molecule has 1 aromatic rings. The van der Waals surface area contributed by atoms with Gasteiger partial charge >= 0.3 is 5.69 Å². The first kappa shape index (κ1) is 15.7. The lowest BCUT2D eigenvalue weighted by Crippen LogP contribution is -2.40. The zero-order valence-corrected chi connectivity index (χ0v) is 12.6. The Kier molecular flexibility index (Phi) is 4.79. The van der Waals surface area contributed by atoms with Crippen molar-refractivity contribution >= 4 is 27.9 Å². The van der Waals surface area contributed by atoms with Crippen molar-refractivity contribution in [2.45, 2.75) is 44.8 Å². The van der Waals surface area contributed by atoms with Crippen LogP contribution in [0.4, 0.5) is 10.7 Å². The molecule has 1 heterocycles. The summed E-state index contributed by atoms with van der Waals surface area (Å²) < 4.78 is 0. The Labute approximate surface area is 126 Å². The third-order valence-corrected chi connectivity index (χ3v) is 5.01. The normalized spacial score (nSPS) is 16.9. The number of hydrogen-bond donors (Lipinski definition) is 2. The van der Waals surface area contributed by atoms with E-state index in [1.54, 1.807) is 11.8 Å². The molecule has 1 fully saturated rings. The van der Waals surface area contributed by atoms with Gasteiger partial charge in [-0.05, 0) is 19.8 Å². The minimum absolute atomic E-state index is 0.0364. The van der Waals surface area contributed by atoms with Gasteiger partial charge in [-0.1, -0.05) is 12.8 Å². The van der Waals surface area contributed by atoms with E-state index < -0.39 is 16.9 Å². The van der Waals surface area contributed by atoms with Crippen LogP contribution in [0.3, 0.4) is 0 Å². The average molecular weight is 313 g/mol. The molecule has 1 amide bonds. The fourth-order valence-corrected chi connectivity index (χ4v) is 3.82. The Balaban J connectivity index is 2.41. The van der Waals surface area contributed by atoms with Gasteiger partial charge in [0, 0.05) is 17.0 Å². The number of aliphatic hydroxyl groups is 1. The monoisotopic (exact) mass is 313 g/mol. The number of aliphatic hydroxyl groups excluding tert-OH is 1. The Bertz CT molecular complexity index is 538. The van der Waals surface area contributed by atoms with Gasteiger partial charge in [0.15, 0.2) is 5.00 Å². The molecule has 3 N–H and O–H groups in total. The van der Waals surface area contributed by atoms with Crippen LogP contribution in [0, 0.1) is 10.1 Å². The van der Waals surface area contributed by atoms with Crippen molar-refractivity contribution in [2.24, 2.45) is 5.73 Å². The number of anilines is 1. The van der Waals surface area contributed by atoms with E-state index in [2.05, 4.69) is 0 Å². The summed E-state index contributed by atoms with van der Waals surface area (Å²) in [5.41, 5.74) is 5.23. The molecular weight excluding hydrogens is 294 g/mol. The van der Waals surface area contributed by atoms with Crippen molar-refractivity contribution in [1.82, 2.24) is 0 Å². The number of hydrogen-bond acceptors (Lipinski definition) is 6. The fraction of sp³-hybridized carbons (Fsp3) is 0.615.